The summed E-state index contributed by atoms with van der Waals surface area (Å²) in [5.41, 5.74) is -3.05. The summed E-state index contributed by atoms with van der Waals surface area (Å²) in [5, 5.41) is 36.1. The third-order valence-corrected chi connectivity index (χ3v) is 4.07. The monoisotopic (exact) mass is 414 g/mol. The molecule has 11 heteroatoms. The first-order chi connectivity index (χ1) is 12.6. The van der Waals surface area contributed by atoms with E-state index in [-0.39, 0.29) is 5.02 Å². The third-order valence-electron chi connectivity index (χ3n) is 3.30. The van der Waals surface area contributed by atoms with Crippen molar-refractivity contribution in [3.8, 4) is 11.5 Å². The molecule has 0 aliphatic rings. The summed E-state index contributed by atoms with van der Waals surface area (Å²) >= 11 is 11.7. The number of hydrogen-bond donors (Lipinski definition) is 4. The average Bonchev–Trinajstić information content (AvgIpc) is 2.57. The predicted molar refractivity (Wildman–Crippen MR) is 90.8 cm³/mol. The Morgan fingerprint density at radius 2 is 1.33 bits per heavy atom. The molecule has 0 heterocycles. The van der Waals surface area contributed by atoms with Gasteiger partial charge in [-0.2, -0.15) is 0 Å². The topological polar surface area (TPSA) is 158 Å². The molecule has 0 bridgehead atoms. The first-order valence-corrected chi connectivity index (χ1v) is 7.57. The number of hydrogen-bond acceptors (Lipinski definition) is 5. The van der Waals surface area contributed by atoms with Gasteiger partial charge in [-0.15, -0.1) is 0 Å². The lowest BCUT2D eigenvalue weighted by Gasteiger charge is -2.16. The van der Waals surface area contributed by atoms with Gasteiger partial charge in [0.25, 0.3) is 0 Å². The Labute approximate surface area is 159 Å². The van der Waals surface area contributed by atoms with E-state index in [2.05, 4.69) is 0 Å². The van der Waals surface area contributed by atoms with E-state index in [1.165, 1.54) is 0 Å². The van der Waals surface area contributed by atoms with Crippen molar-refractivity contribution in [1.29, 1.82) is 0 Å². The molecule has 0 aliphatic heterocycles. The standard InChI is InChI=1S/C16H8Cl2O9/c17-7-4-6(14(21)22)10(16(25)26)12(11(7)18)27-8-3-1-2-5(13(19)20)9(8)15(23)24/h1-4H,(H,19,20)(H,21,22)(H,23,24)(H,25,26). The third kappa shape index (κ3) is 3.78. The summed E-state index contributed by atoms with van der Waals surface area (Å²) in [7, 11) is 0. The predicted octanol–water partition coefficient (Wildman–Crippen LogP) is 3.58. The van der Waals surface area contributed by atoms with Crippen LogP contribution in [0.15, 0.2) is 24.3 Å². The van der Waals surface area contributed by atoms with Crippen LogP contribution in [-0.2, 0) is 0 Å². The molecule has 0 saturated carbocycles. The maximum absolute atomic E-state index is 11.5. The molecule has 0 spiro atoms. The first kappa shape index (κ1) is 20.0. The summed E-state index contributed by atoms with van der Waals surface area (Å²) in [6, 6.07) is 4.01. The zero-order chi connectivity index (χ0) is 20.5. The second kappa shape index (κ2) is 7.52. The van der Waals surface area contributed by atoms with Crippen molar-refractivity contribution in [3.05, 3.63) is 56.6 Å². The summed E-state index contributed by atoms with van der Waals surface area (Å²) in [6.45, 7) is 0. The van der Waals surface area contributed by atoms with Gasteiger partial charge in [0.2, 0.25) is 0 Å². The van der Waals surface area contributed by atoms with Gasteiger partial charge in [-0.3, -0.25) is 0 Å². The fourth-order valence-electron chi connectivity index (χ4n) is 2.20. The number of ether oxygens (including phenoxy) is 1. The highest BCUT2D eigenvalue weighted by Gasteiger charge is 2.29. The number of rotatable bonds is 6. The lowest BCUT2D eigenvalue weighted by Crippen LogP contribution is -2.13. The van der Waals surface area contributed by atoms with Crippen molar-refractivity contribution in [2.75, 3.05) is 0 Å². The molecule has 0 unspecified atom stereocenters. The highest BCUT2D eigenvalue weighted by atomic mass is 35.5. The molecule has 0 atom stereocenters. The van der Waals surface area contributed by atoms with Crippen LogP contribution in [0, 0.1) is 0 Å². The van der Waals surface area contributed by atoms with Crippen LogP contribution >= 0.6 is 23.2 Å². The first-order valence-electron chi connectivity index (χ1n) is 6.82. The van der Waals surface area contributed by atoms with Gasteiger partial charge in [-0.1, -0.05) is 29.3 Å². The van der Waals surface area contributed by atoms with Gasteiger partial charge in [0, 0.05) is 0 Å². The SMILES string of the molecule is O=C(O)c1cccc(Oc2c(Cl)c(Cl)cc(C(=O)O)c2C(=O)O)c1C(=O)O. The number of halogens is 2. The van der Waals surface area contributed by atoms with E-state index in [9.17, 15) is 34.5 Å². The maximum Gasteiger partial charge on any atom is 0.340 e. The Kier molecular flexibility index (Phi) is 5.58. The zero-order valence-corrected chi connectivity index (χ0v) is 14.4. The maximum atomic E-state index is 11.5. The Hall–Kier alpha value is -3.30. The van der Waals surface area contributed by atoms with Crippen molar-refractivity contribution in [3.63, 3.8) is 0 Å². The van der Waals surface area contributed by atoms with Gasteiger partial charge in [0.15, 0.2) is 5.75 Å². The lowest BCUT2D eigenvalue weighted by molar-refractivity contribution is 0.0645. The van der Waals surface area contributed by atoms with Crippen molar-refractivity contribution in [2.24, 2.45) is 0 Å². The van der Waals surface area contributed by atoms with E-state index in [0.29, 0.717) is 0 Å². The number of carboxylic acids is 4. The molecule has 9 nitrogen and oxygen atoms in total. The Bertz CT molecular complexity index is 998. The van der Waals surface area contributed by atoms with Crippen LogP contribution in [0.1, 0.15) is 41.4 Å². The average molecular weight is 415 g/mol. The van der Waals surface area contributed by atoms with E-state index in [1.54, 1.807) is 0 Å². The molecule has 0 aromatic heterocycles. The van der Waals surface area contributed by atoms with Crippen LogP contribution in [-0.4, -0.2) is 44.3 Å². The van der Waals surface area contributed by atoms with Gasteiger partial charge in [0.1, 0.15) is 21.9 Å². The number of carboxylic acid groups (broad SMARTS) is 4. The van der Waals surface area contributed by atoms with E-state index in [0.717, 1.165) is 24.3 Å². The molecule has 2 aromatic carbocycles. The molecular weight excluding hydrogens is 407 g/mol. The molecule has 0 saturated heterocycles. The molecule has 2 aromatic rings. The summed E-state index contributed by atoms with van der Waals surface area (Å²) in [4.78, 5) is 45.6. The molecule has 0 fully saturated rings. The highest BCUT2D eigenvalue weighted by Crippen LogP contribution is 2.41. The van der Waals surface area contributed by atoms with Crippen molar-refractivity contribution in [2.45, 2.75) is 0 Å². The van der Waals surface area contributed by atoms with Gasteiger partial charge < -0.3 is 25.2 Å². The fourth-order valence-corrected chi connectivity index (χ4v) is 2.59. The second-order valence-corrected chi connectivity index (χ2v) is 5.71. The van der Waals surface area contributed by atoms with Crippen molar-refractivity contribution >= 4 is 47.1 Å². The Balaban J connectivity index is 2.81. The number of benzene rings is 2. The molecule has 27 heavy (non-hydrogen) atoms. The lowest BCUT2D eigenvalue weighted by atomic mass is 10.0. The normalized spacial score (nSPS) is 10.3. The van der Waals surface area contributed by atoms with Crippen molar-refractivity contribution < 1.29 is 44.3 Å². The Morgan fingerprint density at radius 1 is 0.778 bits per heavy atom. The molecule has 4 N–H and O–H groups in total. The molecule has 0 aliphatic carbocycles. The van der Waals surface area contributed by atoms with Gasteiger partial charge in [-0.05, 0) is 18.2 Å². The number of carbonyl (C=O) groups is 4. The van der Waals surface area contributed by atoms with Crippen molar-refractivity contribution in [1.82, 2.24) is 0 Å². The smallest absolute Gasteiger partial charge is 0.340 e. The fraction of sp³-hybridized carbons (Fsp3) is 0. The summed E-state index contributed by atoms with van der Waals surface area (Å²) < 4.78 is 5.25. The van der Waals surface area contributed by atoms with Crippen LogP contribution in [0.2, 0.25) is 10.0 Å². The molecular formula is C16H8Cl2O9. The van der Waals surface area contributed by atoms with Crippen LogP contribution in [0.3, 0.4) is 0 Å². The zero-order valence-electron chi connectivity index (χ0n) is 12.9. The minimum Gasteiger partial charge on any atom is -0.478 e. The van der Waals surface area contributed by atoms with Crippen LogP contribution in [0.5, 0.6) is 11.5 Å². The minimum atomic E-state index is -1.73. The summed E-state index contributed by atoms with van der Waals surface area (Å²) in [5.74, 6) is -7.92. The van der Waals surface area contributed by atoms with Gasteiger partial charge in [0.05, 0.1) is 16.1 Å². The van der Waals surface area contributed by atoms with Crippen LogP contribution in [0.4, 0.5) is 0 Å². The highest BCUT2D eigenvalue weighted by molar-refractivity contribution is 6.43. The molecule has 0 amide bonds. The summed E-state index contributed by atoms with van der Waals surface area (Å²) in [6.07, 6.45) is 0. The van der Waals surface area contributed by atoms with E-state index >= 15 is 0 Å². The van der Waals surface area contributed by atoms with E-state index in [1.807, 2.05) is 0 Å². The van der Waals surface area contributed by atoms with Gasteiger partial charge >= 0.3 is 23.9 Å². The van der Waals surface area contributed by atoms with Gasteiger partial charge in [-0.25, -0.2) is 19.2 Å². The van der Waals surface area contributed by atoms with Crippen LogP contribution < -0.4 is 4.74 Å². The van der Waals surface area contributed by atoms with Crippen LogP contribution in [0.25, 0.3) is 0 Å². The second-order valence-electron chi connectivity index (χ2n) is 4.93. The largest absolute Gasteiger partial charge is 0.478 e. The van der Waals surface area contributed by atoms with E-state index < -0.39 is 62.7 Å². The van der Waals surface area contributed by atoms with E-state index in [4.69, 9.17) is 33.0 Å². The molecule has 2 rings (SSSR count). The quantitative estimate of drug-likeness (QED) is 0.553. The Morgan fingerprint density at radius 3 is 1.81 bits per heavy atom. The minimum absolute atomic E-state index is 0.361. The number of aromatic carboxylic acids is 4. The molecule has 140 valence electrons. The molecule has 0 radical (unpaired) electrons.